The fourth-order valence-electron chi connectivity index (χ4n) is 6.24. The summed E-state index contributed by atoms with van der Waals surface area (Å²) in [4.78, 5) is 21.6. The van der Waals surface area contributed by atoms with Gasteiger partial charge in [0.25, 0.3) is 0 Å². The summed E-state index contributed by atoms with van der Waals surface area (Å²) in [5.74, 6) is -0.410. The minimum Gasteiger partial charge on any atom is -1.00 e. The van der Waals surface area contributed by atoms with Crippen molar-refractivity contribution in [2.24, 2.45) is 0 Å². The Labute approximate surface area is 333 Å². The number of hydrogen-bond acceptors (Lipinski definition) is 9. The first-order chi connectivity index (χ1) is 23.8. The predicted molar refractivity (Wildman–Crippen MR) is 196 cm³/mol. The van der Waals surface area contributed by atoms with Crippen molar-refractivity contribution in [3.8, 4) is 11.4 Å². The van der Waals surface area contributed by atoms with E-state index in [0.717, 1.165) is 55.4 Å². The summed E-state index contributed by atoms with van der Waals surface area (Å²) in [5, 5.41) is 9.50. The summed E-state index contributed by atoms with van der Waals surface area (Å²) >= 11 is 12.7. The van der Waals surface area contributed by atoms with Crippen LogP contribution in [0.2, 0.25) is 10.0 Å². The number of anilines is 2. The molecular weight excluding hydrogens is 707 g/mol. The van der Waals surface area contributed by atoms with Crippen LogP contribution >= 0.6 is 23.2 Å². The molecule has 0 amide bonds. The van der Waals surface area contributed by atoms with Gasteiger partial charge in [0, 0.05) is 48.1 Å². The van der Waals surface area contributed by atoms with Crippen molar-refractivity contribution in [3.63, 3.8) is 0 Å². The van der Waals surface area contributed by atoms with E-state index >= 15 is 0 Å². The molecule has 0 bridgehead atoms. The van der Waals surface area contributed by atoms with Crippen LogP contribution in [0.25, 0.3) is 5.69 Å². The quantitative estimate of drug-likeness (QED) is 0.164. The predicted octanol–water partition coefficient (Wildman–Crippen LogP) is 5.42. The van der Waals surface area contributed by atoms with E-state index in [1.54, 1.807) is 34.0 Å². The largest absolute Gasteiger partial charge is 2.00 e. The molecule has 2 aliphatic heterocycles. The van der Waals surface area contributed by atoms with Crippen LogP contribution in [0.4, 0.5) is 11.4 Å². The van der Waals surface area contributed by atoms with Gasteiger partial charge in [-0.1, -0.05) is 36.2 Å². The van der Waals surface area contributed by atoms with E-state index in [9.17, 15) is 4.79 Å². The first-order valence-electron chi connectivity index (χ1n) is 16.4. The SMILES string of the molecule is CCC(C)n1ncn(-c2ccc(N3CCN(c4ccc(OC[C@H]5CO[C@](Cn6cncn6)(c6ccc(Cl)cc6Cl)O5)cc4)CC3)cc2)c1=O.[Ca+2].[H-].[H-]. The molecule has 2 saturated heterocycles. The number of piperazine rings is 1. The molecule has 12 nitrogen and oxygen atoms in total. The van der Waals surface area contributed by atoms with Crippen molar-refractivity contribution < 1.29 is 17.1 Å². The molecule has 3 aromatic carbocycles. The molecule has 260 valence electrons. The first-order valence-corrected chi connectivity index (χ1v) is 17.2. The van der Waals surface area contributed by atoms with E-state index in [1.165, 1.54) is 11.0 Å². The zero-order valence-electron chi connectivity index (χ0n) is 30.1. The smallest absolute Gasteiger partial charge is 1.00 e. The van der Waals surface area contributed by atoms with Gasteiger partial charge in [0.05, 0.1) is 23.4 Å². The van der Waals surface area contributed by atoms with Crippen LogP contribution in [-0.4, -0.2) is 112 Å². The molecule has 15 heteroatoms. The van der Waals surface area contributed by atoms with Crippen LogP contribution < -0.4 is 20.2 Å². The molecule has 0 aliphatic carbocycles. The van der Waals surface area contributed by atoms with Crippen LogP contribution in [0.5, 0.6) is 5.75 Å². The van der Waals surface area contributed by atoms with E-state index in [2.05, 4.69) is 49.2 Å². The molecule has 50 heavy (non-hydrogen) atoms. The van der Waals surface area contributed by atoms with E-state index in [4.69, 9.17) is 37.4 Å². The maximum atomic E-state index is 12.8. The Morgan fingerprint density at radius 2 is 1.60 bits per heavy atom. The van der Waals surface area contributed by atoms with Crippen LogP contribution in [0.1, 0.15) is 34.7 Å². The Kier molecular flexibility index (Phi) is 11.8. The third-order valence-electron chi connectivity index (χ3n) is 9.15. The van der Waals surface area contributed by atoms with Gasteiger partial charge >= 0.3 is 43.4 Å². The molecule has 0 spiro atoms. The molecule has 7 rings (SSSR count). The Morgan fingerprint density at radius 3 is 2.22 bits per heavy atom. The summed E-state index contributed by atoms with van der Waals surface area (Å²) < 4.78 is 23.7. The Morgan fingerprint density at radius 1 is 0.940 bits per heavy atom. The van der Waals surface area contributed by atoms with Crippen LogP contribution in [-0.2, 0) is 21.8 Å². The summed E-state index contributed by atoms with van der Waals surface area (Å²) in [7, 11) is 0. The molecule has 3 atom stereocenters. The third-order valence-corrected chi connectivity index (χ3v) is 9.70. The van der Waals surface area contributed by atoms with Gasteiger partial charge in [0.1, 0.15) is 44.0 Å². The van der Waals surface area contributed by atoms with E-state index in [1.807, 2.05) is 44.2 Å². The molecule has 2 aliphatic rings. The molecule has 0 radical (unpaired) electrons. The second kappa shape index (κ2) is 16.1. The standard InChI is InChI=1S/C35H38Cl2N8O4.Ca.2H/c1-3-25(2)45-34(46)44(24-40-45)29-7-5-27(6-8-29)41-14-16-42(17-15-41)28-9-11-30(12-10-28)47-19-31-20-48-35(49-31,21-43-23-38-22-39-43)32-13-4-26(36)18-33(32)37;;;/h4-13,18,22-25,31H,3,14-17,19-21H2,1-2H3;;;/q;+2;2*-1/t25?,31-,35-;;;/m0.../s1. The zero-order valence-corrected chi connectivity index (χ0v) is 31.8. The Hall–Kier alpha value is -3.10. The van der Waals surface area contributed by atoms with Crippen molar-refractivity contribution in [1.82, 2.24) is 29.1 Å². The third kappa shape index (κ3) is 7.86. The van der Waals surface area contributed by atoms with Gasteiger partial charge < -0.3 is 26.9 Å². The number of nitrogens with zero attached hydrogens (tertiary/aromatic N) is 8. The fraction of sp³-hybridized carbons (Fsp3) is 0.371. The van der Waals surface area contributed by atoms with Gasteiger partial charge in [-0.15, -0.1) is 0 Å². The van der Waals surface area contributed by atoms with Crippen LogP contribution in [0, 0.1) is 0 Å². The number of benzene rings is 3. The Bertz CT molecular complexity index is 1930. The summed E-state index contributed by atoms with van der Waals surface area (Å²) in [6.45, 7) is 8.48. The van der Waals surface area contributed by atoms with E-state index in [0.29, 0.717) is 28.8 Å². The maximum absolute atomic E-state index is 12.8. The van der Waals surface area contributed by atoms with Crippen molar-refractivity contribution in [2.75, 3.05) is 49.2 Å². The van der Waals surface area contributed by atoms with Crippen molar-refractivity contribution >= 4 is 72.3 Å². The van der Waals surface area contributed by atoms with Crippen molar-refractivity contribution in [3.05, 3.63) is 112 Å². The normalized spacial score (nSPS) is 19.7. The van der Waals surface area contributed by atoms with Gasteiger partial charge in [-0.25, -0.2) is 23.7 Å². The zero-order chi connectivity index (χ0) is 34.0. The average molecular weight is 748 g/mol. The van der Waals surface area contributed by atoms with Gasteiger partial charge in [-0.3, -0.25) is 0 Å². The minimum absolute atomic E-state index is 0. The van der Waals surface area contributed by atoms with Crippen LogP contribution in [0.3, 0.4) is 0 Å². The number of halogens is 2. The first kappa shape index (κ1) is 36.7. The van der Waals surface area contributed by atoms with Crippen LogP contribution in [0.15, 0.2) is 90.5 Å². The monoisotopic (exact) mass is 746 g/mol. The number of hydrogen-bond donors (Lipinski definition) is 0. The Balaban J connectivity index is 0.00000202. The topological polar surface area (TPSA) is 105 Å². The van der Waals surface area contributed by atoms with Gasteiger partial charge in [0.15, 0.2) is 0 Å². The summed E-state index contributed by atoms with van der Waals surface area (Å²) in [6, 6.07) is 21.6. The summed E-state index contributed by atoms with van der Waals surface area (Å²) in [6.07, 6.45) is 5.19. The van der Waals surface area contributed by atoms with Crippen molar-refractivity contribution in [1.29, 1.82) is 0 Å². The van der Waals surface area contributed by atoms with E-state index in [-0.39, 0.29) is 65.0 Å². The second-order valence-electron chi connectivity index (χ2n) is 12.3. The fourth-order valence-corrected chi connectivity index (χ4v) is 6.79. The minimum atomic E-state index is -1.16. The van der Waals surface area contributed by atoms with Crippen molar-refractivity contribution in [2.45, 2.75) is 44.7 Å². The number of aromatic nitrogens is 6. The summed E-state index contributed by atoms with van der Waals surface area (Å²) in [5.41, 5.74) is 3.64. The maximum Gasteiger partial charge on any atom is 2.00 e. The molecule has 5 aromatic rings. The molecule has 2 fully saturated rings. The average Bonchev–Trinajstić information content (AvgIpc) is 3.88. The van der Waals surface area contributed by atoms with Gasteiger partial charge in [0.2, 0.25) is 5.79 Å². The number of ether oxygens (including phenoxy) is 3. The molecule has 1 unspecified atom stereocenters. The molecule has 0 saturated carbocycles. The molecule has 0 N–H and O–H groups in total. The van der Waals surface area contributed by atoms with E-state index < -0.39 is 5.79 Å². The second-order valence-corrected chi connectivity index (χ2v) is 13.1. The molecule has 2 aromatic heterocycles. The number of rotatable bonds is 11. The molecular formula is C35H40CaCl2N8O4. The van der Waals surface area contributed by atoms with Gasteiger partial charge in [-0.2, -0.15) is 10.2 Å². The molecule has 4 heterocycles. The van der Waals surface area contributed by atoms with Gasteiger partial charge in [-0.05, 0) is 74.0 Å².